The maximum absolute atomic E-state index is 11.4. The van der Waals surface area contributed by atoms with Crippen LogP contribution in [0.15, 0.2) is 0 Å². The first-order valence-electron chi connectivity index (χ1n) is 7.88. The predicted molar refractivity (Wildman–Crippen MR) is 82.3 cm³/mol. The topological polar surface area (TPSA) is 119 Å². The molecular weight excluding hydrogens is 316 g/mol. The van der Waals surface area contributed by atoms with E-state index in [0.29, 0.717) is 0 Å². The van der Waals surface area contributed by atoms with Gasteiger partial charge in [0.05, 0.1) is 38.6 Å². The van der Waals surface area contributed by atoms with E-state index in [1.165, 1.54) is 0 Å². The molecule has 0 saturated heterocycles. The molecular formula is C16H24N2O6. The molecule has 0 aliphatic rings. The van der Waals surface area contributed by atoms with Gasteiger partial charge < -0.3 is 18.9 Å². The summed E-state index contributed by atoms with van der Waals surface area (Å²) in [7, 11) is 0. The SMILES string of the molecule is CCOC(=O)C(C#N)CCOCCOCCC(C#N)C(=O)OCC. The van der Waals surface area contributed by atoms with Crippen molar-refractivity contribution in [1.82, 2.24) is 0 Å². The van der Waals surface area contributed by atoms with Crippen molar-refractivity contribution in [3.8, 4) is 12.1 Å². The molecule has 0 N–H and O–H groups in total. The quantitative estimate of drug-likeness (QED) is 0.362. The lowest BCUT2D eigenvalue weighted by molar-refractivity contribution is -0.147. The molecule has 0 aromatic heterocycles. The average molecular weight is 340 g/mol. The van der Waals surface area contributed by atoms with Gasteiger partial charge in [0.25, 0.3) is 0 Å². The van der Waals surface area contributed by atoms with Gasteiger partial charge in [-0.1, -0.05) is 0 Å². The molecule has 0 spiro atoms. The zero-order valence-corrected chi connectivity index (χ0v) is 14.2. The van der Waals surface area contributed by atoms with E-state index in [1.807, 2.05) is 12.1 Å². The summed E-state index contributed by atoms with van der Waals surface area (Å²) in [6, 6.07) is 3.75. The van der Waals surface area contributed by atoms with Crippen LogP contribution in [0.25, 0.3) is 0 Å². The molecule has 0 saturated carbocycles. The lowest BCUT2D eigenvalue weighted by atomic mass is 10.1. The highest BCUT2D eigenvalue weighted by atomic mass is 16.5. The Morgan fingerprint density at radius 3 is 1.46 bits per heavy atom. The zero-order valence-electron chi connectivity index (χ0n) is 14.2. The minimum atomic E-state index is -0.827. The van der Waals surface area contributed by atoms with Crippen molar-refractivity contribution >= 4 is 11.9 Å². The van der Waals surface area contributed by atoms with Gasteiger partial charge in [0, 0.05) is 13.2 Å². The summed E-state index contributed by atoms with van der Waals surface area (Å²) in [5.41, 5.74) is 0. The molecule has 0 heterocycles. The van der Waals surface area contributed by atoms with E-state index in [-0.39, 0.29) is 52.5 Å². The van der Waals surface area contributed by atoms with Crippen LogP contribution >= 0.6 is 0 Å². The van der Waals surface area contributed by atoms with Crippen molar-refractivity contribution in [3.63, 3.8) is 0 Å². The van der Waals surface area contributed by atoms with Gasteiger partial charge in [-0.25, -0.2) is 0 Å². The minimum absolute atomic E-state index is 0.237. The number of carbonyl (C=O) groups excluding carboxylic acids is 2. The first-order valence-corrected chi connectivity index (χ1v) is 7.88. The van der Waals surface area contributed by atoms with Crippen molar-refractivity contribution < 1.29 is 28.5 Å². The largest absolute Gasteiger partial charge is 0.465 e. The summed E-state index contributed by atoms with van der Waals surface area (Å²) in [6.07, 6.45) is 0.517. The highest BCUT2D eigenvalue weighted by Gasteiger charge is 2.19. The predicted octanol–water partition coefficient (Wildman–Crippen LogP) is 1.21. The highest BCUT2D eigenvalue weighted by Crippen LogP contribution is 2.06. The Balaban J connectivity index is 3.70. The summed E-state index contributed by atoms with van der Waals surface area (Å²) in [5, 5.41) is 17.7. The maximum atomic E-state index is 11.4. The molecule has 2 unspecified atom stereocenters. The van der Waals surface area contributed by atoms with E-state index in [9.17, 15) is 9.59 Å². The molecule has 0 aliphatic heterocycles. The standard InChI is InChI=1S/C16H24N2O6/c1-3-23-15(19)13(11-17)5-7-21-9-10-22-8-6-14(12-18)16(20)24-4-2/h13-14H,3-10H2,1-2H3. The third-order valence-electron chi connectivity index (χ3n) is 2.93. The Kier molecular flexibility index (Phi) is 13.1. The number of hydrogen-bond donors (Lipinski definition) is 0. The molecule has 0 fully saturated rings. The fraction of sp³-hybridized carbons (Fsp3) is 0.750. The number of esters is 2. The van der Waals surface area contributed by atoms with Crippen LogP contribution in [0.4, 0.5) is 0 Å². The van der Waals surface area contributed by atoms with Crippen LogP contribution in [0, 0.1) is 34.5 Å². The Morgan fingerprint density at radius 2 is 1.17 bits per heavy atom. The van der Waals surface area contributed by atoms with Gasteiger partial charge in [0.2, 0.25) is 0 Å². The van der Waals surface area contributed by atoms with Crippen LogP contribution in [-0.2, 0) is 28.5 Å². The van der Waals surface area contributed by atoms with Crippen LogP contribution in [0.2, 0.25) is 0 Å². The van der Waals surface area contributed by atoms with E-state index >= 15 is 0 Å². The minimum Gasteiger partial charge on any atom is -0.465 e. The summed E-state index contributed by atoms with van der Waals surface area (Å²) in [5.74, 6) is -2.73. The second-order valence-electron chi connectivity index (χ2n) is 4.67. The number of carbonyl (C=O) groups is 2. The Labute approximate surface area is 142 Å². The lowest BCUT2D eigenvalue weighted by Crippen LogP contribution is -2.19. The van der Waals surface area contributed by atoms with E-state index in [2.05, 4.69) is 0 Å². The van der Waals surface area contributed by atoms with Crippen LogP contribution in [0.5, 0.6) is 0 Å². The molecule has 134 valence electrons. The lowest BCUT2D eigenvalue weighted by Gasteiger charge is -2.10. The van der Waals surface area contributed by atoms with Crippen LogP contribution < -0.4 is 0 Å². The summed E-state index contributed by atoms with van der Waals surface area (Å²) in [4.78, 5) is 22.8. The van der Waals surface area contributed by atoms with E-state index in [4.69, 9.17) is 29.5 Å². The average Bonchev–Trinajstić information content (AvgIpc) is 2.57. The van der Waals surface area contributed by atoms with Gasteiger partial charge in [-0.05, 0) is 26.7 Å². The number of nitrogens with zero attached hydrogens (tertiary/aromatic N) is 2. The second kappa shape index (κ2) is 14.4. The first kappa shape index (κ1) is 21.8. The van der Waals surface area contributed by atoms with Crippen molar-refractivity contribution in [1.29, 1.82) is 10.5 Å². The van der Waals surface area contributed by atoms with Gasteiger partial charge in [-0.2, -0.15) is 10.5 Å². The maximum Gasteiger partial charge on any atom is 0.323 e. The van der Waals surface area contributed by atoms with E-state index in [0.717, 1.165) is 0 Å². The summed E-state index contributed by atoms with van der Waals surface area (Å²) in [6.45, 7) is 4.89. The Hall–Kier alpha value is -2.16. The van der Waals surface area contributed by atoms with E-state index < -0.39 is 23.8 Å². The van der Waals surface area contributed by atoms with Crippen LogP contribution in [0.3, 0.4) is 0 Å². The van der Waals surface area contributed by atoms with Crippen LogP contribution in [-0.4, -0.2) is 51.6 Å². The van der Waals surface area contributed by atoms with Gasteiger partial charge in [0.1, 0.15) is 11.8 Å². The van der Waals surface area contributed by atoms with Gasteiger partial charge in [-0.3, -0.25) is 9.59 Å². The molecule has 0 aromatic carbocycles. The molecule has 0 aliphatic carbocycles. The Bertz CT molecular complexity index is 412. The molecule has 0 radical (unpaired) electrons. The number of hydrogen-bond acceptors (Lipinski definition) is 8. The third kappa shape index (κ3) is 9.78. The second-order valence-corrected chi connectivity index (χ2v) is 4.67. The molecule has 2 atom stereocenters. The molecule has 0 aromatic rings. The zero-order chi connectivity index (χ0) is 18.2. The van der Waals surface area contributed by atoms with Gasteiger partial charge in [0.15, 0.2) is 0 Å². The number of ether oxygens (including phenoxy) is 4. The molecule has 0 bridgehead atoms. The molecule has 24 heavy (non-hydrogen) atoms. The van der Waals surface area contributed by atoms with Gasteiger partial charge >= 0.3 is 11.9 Å². The van der Waals surface area contributed by atoms with Crippen molar-refractivity contribution in [2.75, 3.05) is 39.6 Å². The summed E-state index contributed by atoms with van der Waals surface area (Å²) < 4.78 is 20.1. The highest BCUT2D eigenvalue weighted by molar-refractivity contribution is 5.75. The van der Waals surface area contributed by atoms with Gasteiger partial charge in [-0.15, -0.1) is 0 Å². The first-order chi connectivity index (χ1) is 11.6. The monoisotopic (exact) mass is 340 g/mol. The van der Waals surface area contributed by atoms with E-state index in [1.54, 1.807) is 13.8 Å². The smallest absolute Gasteiger partial charge is 0.323 e. The van der Waals surface area contributed by atoms with Crippen molar-refractivity contribution in [2.24, 2.45) is 11.8 Å². The third-order valence-corrected chi connectivity index (χ3v) is 2.93. The fourth-order valence-electron chi connectivity index (χ4n) is 1.68. The van der Waals surface area contributed by atoms with Crippen molar-refractivity contribution in [3.05, 3.63) is 0 Å². The molecule has 0 amide bonds. The number of nitriles is 2. The molecule has 8 heteroatoms. The normalized spacial score (nSPS) is 12.5. The fourth-order valence-corrected chi connectivity index (χ4v) is 1.68. The van der Waals surface area contributed by atoms with Crippen molar-refractivity contribution in [2.45, 2.75) is 26.7 Å². The Morgan fingerprint density at radius 1 is 0.792 bits per heavy atom. The molecule has 8 nitrogen and oxygen atoms in total. The van der Waals surface area contributed by atoms with Crippen LogP contribution in [0.1, 0.15) is 26.7 Å². The molecule has 0 rings (SSSR count). The number of rotatable bonds is 13. The summed E-state index contributed by atoms with van der Waals surface area (Å²) >= 11 is 0.